The maximum Gasteiger partial charge on any atom is 0.296 e. The number of thiocarbonyl (C=S) groups is 1. The molecule has 1 fully saturated rings. The molecular formula is C28H28N6O5S2. The quantitative estimate of drug-likeness (QED) is 0.172. The molecule has 1 amide bonds. The average Bonchev–Trinajstić information content (AvgIpc) is 3.35. The van der Waals surface area contributed by atoms with E-state index in [9.17, 15) is 14.4 Å². The van der Waals surface area contributed by atoms with Gasteiger partial charge >= 0.3 is 0 Å². The van der Waals surface area contributed by atoms with E-state index in [0.717, 1.165) is 17.3 Å². The van der Waals surface area contributed by atoms with Gasteiger partial charge in [0.25, 0.3) is 17.0 Å². The van der Waals surface area contributed by atoms with E-state index >= 15 is 0 Å². The number of aryl methyl sites for hydroxylation is 1. The number of carbonyl (C=O) groups excluding carboxylic acids is 1. The Morgan fingerprint density at radius 2 is 1.83 bits per heavy atom. The molecule has 5 rings (SSSR count). The number of pyridine rings is 1. The summed E-state index contributed by atoms with van der Waals surface area (Å²) in [5.41, 5.74) is 2.08. The Kier molecular flexibility index (Phi) is 8.22. The number of benzene rings is 1. The molecule has 41 heavy (non-hydrogen) atoms. The minimum absolute atomic E-state index is 0.0979. The number of fused-ring (bicyclic) bond motifs is 1. The first-order chi connectivity index (χ1) is 19.7. The van der Waals surface area contributed by atoms with Crippen LogP contribution in [0, 0.1) is 13.8 Å². The van der Waals surface area contributed by atoms with Gasteiger partial charge in [-0.1, -0.05) is 48.2 Å². The van der Waals surface area contributed by atoms with Gasteiger partial charge in [0.15, 0.2) is 4.32 Å². The molecule has 11 nitrogen and oxygen atoms in total. The average molecular weight is 593 g/mol. The highest BCUT2D eigenvalue weighted by atomic mass is 32.2. The summed E-state index contributed by atoms with van der Waals surface area (Å²) in [4.78, 5) is 47.0. The number of hydrogen-bond acceptors (Lipinski definition) is 9. The number of nitrogens with zero attached hydrogens (tertiary/aromatic N) is 5. The second-order valence-corrected chi connectivity index (χ2v) is 11.0. The topological polar surface area (TPSA) is 123 Å². The Balaban J connectivity index is 1.56. The lowest BCUT2D eigenvalue weighted by Gasteiger charge is -2.13. The van der Waals surface area contributed by atoms with E-state index in [-0.39, 0.29) is 57.2 Å². The lowest BCUT2D eigenvalue weighted by Crippen LogP contribution is -2.33. The highest BCUT2D eigenvalue weighted by molar-refractivity contribution is 8.27. The van der Waals surface area contributed by atoms with Crippen molar-refractivity contribution in [3.63, 3.8) is 0 Å². The zero-order chi connectivity index (χ0) is 29.3. The van der Waals surface area contributed by atoms with Crippen LogP contribution in [0.2, 0.25) is 0 Å². The van der Waals surface area contributed by atoms with Gasteiger partial charge in [-0.25, -0.2) is 9.67 Å². The van der Waals surface area contributed by atoms with Gasteiger partial charge in [-0.3, -0.25) is 28.4 Å². The molecule has 1 saturated heterocycles. The van der Waals surface area contributed by atoms with E-state index in [4.69, 9.17) is 22.1 Å². The van der Waals surface area contributed by atoms with Crippen LogP contribution < -0.4 is 21.3 Å². The number of nitrogens with one attached hydrogen (secondary N) is 1. The predicted molar refractivity (Wildman–Crippen MR) is 164 cm³/mol. The minimum atomic E-state index is -0.503. The monoisotopic (exact) mass is 592 g/mol. The van der Waals surface area contributed by atoms with Crippen LogP contribution in [0.3, 0.4) is 0 Å². The summed E-state index contributed by atoms with van der Waals surface area (Å²) in [6.07, 6.45) is 3.15. The highest BCUT2D eigenvalue weighted by Crippen LogP contribution is 2.36. The first kappa shape index (κ1) is 28.5. The van der Waals surface area contributed by atoms with Crippen LogP contribution in [-0.2, 0) is 16.6 Å². The van der Waals surface area contributed by atoms with Crippen LogP contribution >= 0.6 is 24.0 Å². The highest BCUT2D eigenvalue weighted by Gasteiger charge is 2.38. The molecular weight excluding hydrogens is 564 g/mol. The molecule has 0 saturated carbocycles. The number of hydrogen-bond donors (Lipinski definition) is 2. The number of aliphatic hydroxyl groups excluding tert-OH is 1. The van der Waals surface area contributed by atoms with Gasteiger partial charge in [-0.15, -0.1) is 0 Å². The Labute approximate surface area is 244 Å². The summed E-state index contributed by atoms with van der Waals surface area (Å²) in [5, 5.41) is 12.1. The van der Waals surface area contributed by atoms with E-state index < -0.39 is 5.91 Å². The maximum atomic E-state index is 13.8. The van der Waals surface area contributed by atoms with E-state index in [0.29, 0.717) is 23.6 Å². The first-order valence-electron chi connectivity index (χ1n) is 12.8. The van der Waals surface area contributed by atoms with Gasteiger partial charge in [-0.2, -0.15) is 0 Å². The van der Waals surface area contributed by atoms with Crippen molar-refractivity contribution in [1.29, 1.82) is 0 Å². The van der Waals surface area contributed by atoms with Crippen molar-refractivity contribution in [1.82, 2.24) is 18.7 Å². The third-order valence-corrected chi connectivity index (χ3v) is 7.90. The minimum Gasteiger partial charge on any atom is -0.394 e. The number of aromatic nitrogens is 4. The van der Waals surface area contributed by atoms with Crippen LogP contribution in [0.5, 0.6) is 0 Å². The summed E-state index contributed by atoms with van der Waals surface area (Å²) in [7, 11) is 1.74. The molecule has 0 atom stereocenters. The van der Waals surface area contributed by atoms with Crippen LogP contribution in [0.15, 0.2) is 63.2 Å². The number of ether oxygens (including phenoxy) is 1. The Bertz CT molecular complexity index is 1810. The fourth-order valence-electron chi connectivity index (χ4n) is 4.54. The molecule has 3 aromatic heterocycles. The Hall–Kier alpha value is -4.04. The molecule has 0 radical (unpaired) electrons. The van der Waals surface area contributed by atoms with E-state index in [1.54, 1.807) is 43.0 Å². The Morgan fingerprint density at radius 3 is 2.56 bits per heavy atom. The van der Waals surface area contributed by atoms with Crippen molar-refractivity contribution >= 4 is 57.4 Å². The molecule has 4 aromatic rings. The number of rotatable bonds is 9. The van der Waals surface area contributed by atoms with Crippen LogP contribution in [-0.4, -0.2) is 60.4 Å². The van der Waals surface area contributed by atoms with Gasteiger partial charge in [0.1, 0.15) is 17.2 Å². The van der Waals surface area contributed by atoms with Gasteiger partial charge in [0, 0.05) is 19.8 Å². The number of carbonyl (C=O) groups is 1. The fourth-order valence-corrected chi connectivity index (χ4v) is 5.79. The van der Waals surface area contributed by atoms with Crippen molar-refractivity contribution in [3.05, 3.63) is 91.1 Å². The summed E-state index contributed by atoms with van der Waals surface area (Å²) in [6.45, 7) is 4.30. The number of anilines is 2. The predicted octanol–water partition coefficient (Wildman–Crippen LogP) is 2.63. The molecule has 13 heteroatoms. The molecule has 0 bridgehead atoms. The van der Waals surface area contributed by atoms with E-state index in [1.807, 2.05) is 31.2 Å². The lowest BCUT2D eigenvalue weighted by atomic mass is 10.2. The zero-order valence-corrected chi connectivity index (χ0v) is 24.3. The van der Waals surface area contributed by atoms with Crippen molar-refractivity contribution in [3.8, 4) is 5.69 Å². The third-order valence-electron chi connectivity index (χ3n) is 6.60. The Morgan fingerprint density at radius 1 is 1.07 bits per heavy atom. The van der Waals surface area contributed by atoms with E-state index in [2.05, 4.69) is 10.3 Å². The second kappa shape index (κ2) is 11.8. The van der Waals surface area contributed by atoms with Crippen LogP contribution in [0.4, 0.5) is 11.5 Å². The number of aliphatic hydroxyl groups is 1. The van der Waals surface area contributed by atoms with Crippen molar-refractivity contribution in [2.75, 3.05) is 36.6 Å². The molecule has 0 aliphatic carbocycles. The third kappa shape index (κ3) is 5.36. The lowest BCUT2D eigenvalue weighted by molar-refractivity contribution is -0.113. The van der Waals surface area contributed by atoms with Gasteiger partial charge in [0.05, 0.1) is 41.7 Å². The first-order valence-corrected chi connectivity index (χ1v) is 14.0. The van der Waals surface area contributed by atoms with Crippen LogP contribution in [0.25, 0.3) is 17.4 Å². The number of para-hydroxylation sites is 1. The normalized spacial score (nSPS) is 14.5. The standard InChI is InChI=1S/C28H28N6O5S2/c1-17-9-10-22-30-24(29-11-13-39-14-12-35)20(25(36)32(22)16-17)15-21-26(37)33(28(40)41-21)23-18(2)31(3)34(27(23)38)19-7-5-4-6-8-19/h4-10,15-16,29,35H,11-14H2,1-3H3/b21-15+. The molecule has 212 valence electrons. The molecule has 1 aliphatic rings. The summed E-state index contributed by atoms with van der Waals surface area (Å²) >= 11 is 6.59. The molecule has 1 aliphatic heterocycles. The fraction of sp³-hybridized carbons (Fsp3) is 0.250. The summed E-state index contributed by atoms with van der Waals surface area (Å²) in [5.74, 6) is -0.226. The van der Waals surface area contributed by atoms with Gasteiger partial charge in [-0.05, 0) is 43.7 Å². The maximum absolute atomic E-state index is 13.8. The molecule has 0 unspecified atom stereocenters. The van der Waals surface area contributed by atoms with Gasteiger partial charge < -0.3 is 15.2 Å². The van der Waals surface area contributed by atoms with Crippen molar-refractivity contribution in [2.45, 2.75) is 13.8 Å². The summed E-state index contributed by atoms with van der Waals surface area (Å²) < 4.78 is 10.1. The number of amides is 1. The van der Waals surface area contributed by atoms with Crippen LogP contribution in [0.1, 0.15) is 16.8 Å². The van der Waals surface area contributed by atoms with Crippen molar-refractivity contribution < 1.29 is 14.6 Å². The number of thioether (sulfide) groups is 1. The van der Waals surface area contributed by atoms with Gasteiger partial charge in [0.2, 0.25) is 0 Å². The molecule has 4 heterocycles. The molecule has 0 spiro atoms. The molecule has 2 N–H and O–H groups in total. The summed E-state index contributed by atoms with van der Waals surface area (Å²) in [6, 6.07) is 12.7. The van der Waals surface area contributed by atoms with Crippen molar-refractivity contribution in [2.24, 2.45) is 7.05 Å². The smallest absolute Gasteiger partial charge is 0.296 e. The largest absolute Gasteiger partial charge is 0.394 e. The molecule has 1 aromatic carbocycles. The second-order valence-electron chi connectivity index (χ2n) is 9.30. The zero-order valence-electron chi connectivity index (χ0n) is 22.7. The van der Waals surface area contributed by atoms with E-state index in [1.165, 1.54) is 20.1 Å². The SMILES string of the molecule is Cc1ccc2nc(NCCOCCO)c(/C=C3/SC(=S)N(c4c(C)n(C)n(-c5ccccc5)c4=O)C3=O)c(=O)n2c1.